The Bertz CT molecular complexity index is 532. The average Bonchev–Trinajstić information content (AvgIpc) is 2.37. The van der Waals surface area contributed by atoms with Crippen LogP contribution in [0, 0.1) is 0 Å². The van der Waals surface area contributed by atoms with E-state index in [9.17, 15) is 22.8 Å². The normalized spacial score (nSPS) is 12.6. The van der Waals surface area contributed by atoms with Crippen LogP contribution in [-0.2, 0) is 4.74 Å². The van der Waals surface area contributed by atoms with E-state index in [1.54, 1.807) is 18.2 Å². The number of carbonyl (C=O) groups is 2. The zero-order valence-electron chi connectivity index (χ0n) is 12.2. The van der Waals surface area contributed by atoms with E-state index in [2.05, 4.69) is 15.4 Å². The van der Waals surface area contributed by atoms with Gasteiger partial charge in [-0.05, 0) is 26.0 Å². The molecule has 1 rings (SSSR count). The molecule has 0 saturated heterocycles. The van der Waals surface area contributed by atoms with Crippen molar-refractivity contribution in [3.05, 3.63) is 29.8 Å². The number of alkyl halides is 3. The Hall–Kier alpha value is -2.09. The van der Waals surface area contributed by atoms with Crippen LogP contribution < -0.4 is 10.6 Å². The quantitative estimate of drug-likeness (QED) is 0.792. The number of benzene rings is 1. The lowest BCUT2D eigenvalue weighted by Gasteiger charge is -2.16. The van der Waals surface area contributed by atoms with E-state index in [1.807, 2.05) is 0 Å². The molecular weight excluding hydrogens is 301 g/mol. The Kier molecular flexibility index (Phi) is 6.36. The number of halogens is 3. The number of carbonyl (C=O) groups excluding carboxylic acids is 2. The molecule has 0 aliphatic carbocycles. The Morgan fingerprint density at radius 1 is 1.32 bits per heavy atom. The average molecular weight is 318 g/mol. The highest BCUT2D eigenvalue weighted by molar-refractivity contribution is 5.96. The van der Waals surface area contributed by atoms with Crippen LogP contribution in [0.5, 0.6) is 0 Å². The SMILES string of the molecule is CC(=O)c1cccc(NC(=O)N[C@H](C)COCC(F)(F)F)c1. The molecule has 5 nitrogen and oxygen atoms in total. The minimum atomic E-state index is -4.39. The molecule has 0 heterocycles. The maximum Gasteiger partial charge on any atom is 0.411 e. The number of ketones is 1. The molecule has 1 atom stereocenters. The number of nitrogens with one attached hydrogen (secondary N) is 2. The van der Waals surface area contributed by atoms with Crippen molar-refractivity contribution < 1.29 is 27.5 Å². The first kappa shape index (κ1) is 18.0. The maximum absolute atomic E-state index is 11.9. The monoisotopic (exact) mass is 318 g/mol. The minimum Gasteiger partial charge on any atom is -0.370 e. The summed E-state index contributed by atoms with van der Waals surface area (Å²) in [5, 5.41) is 4.93. The highest BCUT2D eigenvalue weighted by Crippen LogP contribution is 2.14. The van der Waals surface area contributed by atoms with Crippen molar-refractivity contribution in [3.8, 4) is 0 Å². The van der Waals surface area contributed by atoms with E-state index >= 15 is 0 Å². The second-order valence-electron chi connectivity index (χ2n) is 4.77. The number of anilines is 1. The van der Waals surface area contributed by atoms with Crippen molar-refractivity contribution in [1.29, 1.82) is 0 Å². The van der Waals surface area contributed by atoms with Gasteiger partial charge in [0, 0.05) is 11.3 Å². The maximum atomic E-state index is 11.9. The molecule has 2 amide bonds. The Labute approximate surface area is 125 Å². The summed E-state index contributed by atoms with van der Waals surface area (Å²) in [6.07, 6.45) is -4.39. The molecule has 0 radical (unpaired) electrons. The first-order valence-corrected chi connectivity index (χ1v) is 6.50. The molecule has 0 aliphatic rings. The Morgan fingerprint density at radius 2 is 2.00 bits per heavy atom. The lowest BCUT2D eigenvalue weighted by atomic mass is 10.1. The summed E-state index contributed by atoms with van der Waals surface area (Å²) in [6.45, 7) is 1.29. The van der Waals surface area contributed by atoms with E-state index < -0.39 is 24.9 Å². The summed E-state index contributed by atoms with van der Waals surface area (Å²) in [5.74, 6) is -0.141. The zero-order valence-corrected chi connectivity index (χ0v) is 12.2. The molecule has 0 spiro atoms. The second kappa shape index (κ2) is 7.79. The lowest BCUT2D eigenvalue weighted by Crippen LogP contribution is -2.39. The molecule has 2 N–H and O–H groups in total. The number of rotatable bonds is 6. The van der Waals surface area contributed by atoms with Gasteiger partial charge in [0.15, 0.2) is 5.78 Å². The molecular formula is C14H17F3N2O3. The van der Waals surface area contributed by atoms with Crippen molar-refractivity contribution in [3.63, 3.8) is 0 Å². The number of hydrogen-bond donors (Lipinski definition) is 2. The van der Waals surface area contributed by atoms with Crippen molar-refractivity contribution in [1.82, 2.24) is 5.32 Å². The first-order chi connectivity index (χ1) is 10.2. The van der Waals surface area contributed by atoms with Crippen LogP contribution in [0.3, 0.4) is 0 Å². The fraction of sp³-hybridized carbons (Fsp3) is 0.429. The molecule has 8 heteroatoms. The van der Waals surface area contributed by atoms with E-state index in [4.69, 9.17) is 0 Å². The minimum absolute atomic E-state index is 0.141. The van der Waals surface area contributed by atoms with Crippen LogP contribution in [0.15, 0.2) is 24.3 Å². The van der Waals surface area contributed by atoms with Gasteiger partial charge in [0.1, 0.15) is 6.61 Å². The number of amides is 2. The predicted molar refractivity (Wildman–Crippen MR) is 74.9 cm³/mol. The topological polar surface area (TPSA) is 67.4 Å². The molecule has 0 bridgehead atoms. The van der Waals surface area contributed by atoms with Crippen molar-refractivity contribution in [2.24, 2.45) is 0 Å². The van der Waals surface area contributed by atoms with E-state index in [1.165, 1.54) is 19.9 Å². The zero-order chi connectivity index (χ0) is 16.8. The van der Waals surface area contributed by atoms with Crippen LogP contribution in [0.1, 0.15) is 24.2 Å². The number of hydrogen-bond acceptors (Lipinski definition) is 3. The van der Waals surface area contributed by atoms with Gasteiger partial charge in [-0.3, -0.25) is 4.79 Å². The van der Waals surface area contributed by atoms with Crippen LogP contribution in [0.25, 0.3) is 0 Å². The standard InChI is InChI=1S/C14H17F3N2O3/c1-9(7-22-8-14(15,16)17)18-13(21)19-12-5-3-4-11(6-12)10(2)20/h3-6,9H,7-8H2,1-2H3,(H2,18,19,21)/t9-/m1/s1. The fourth-order valence-electron chi connectivity index (χ4n) is 1.60. The number of Topliss-reactive ketones (excluding diaryl/α,β-unsaturated/α-hetero) is 1. The molecule has 1 aromatic carbocycles. The van der Waals surface area contributed by atoms with E-state index in [0.717, 1.165) is 0 Å². The molecule has 22 heavy (non-hydrogen) atoms. The number of urea groups is 1. The van der Waals surface area contributed by atoms with Crippen LogP contribution >= 0.6 is 0 Å². The molecule has 0 aromatic heterocycles. The van der Waals surface area contributed by atoms with E-state index in [-0.39, 0.29) is 12.4 Å². The summed E-state index contributed by atoms with van der Waals surface area (Å²) in [4.78, 5) is 22.9. The van der Waals surface area contributed by atoms with Crippen LogP contribution in [-0.4, -0.2) is 37.2 Å². The summed E-state index contributed by atoms with van der Waals surface area (Å²) in [5.41, 5.74) is 0.855. The van der Waals surface area contributed by atoms with Gasteiger partial charge in [-0.15, -0.1) is 0 Å². The van der Waals surface area contributed by atoms with Crippen LogP contribution in [0.4, 0.5) is 23.7 Å². The fourth-order valence-corrected chi connectivity index (χ4v) is 1.60. The van der Waals surface area contributed by atoms with Crippen molar-refractivity contribution in [2.45, 2.75) is 26.1 Å². The third kappa shape index (κ3) is 7.07. The summed E-state index contributed by atoms with van der Waals surface area (Å²) in [7, 11) is 0. The van der Waals surface area contributed by atoms with Crippen molar-refractivity contribution >= 4 is 17.5 Å². The van der Waals surface area contributed by atoms with Crippen molar-refractivity contribution in [2.75, 3.05) is 18.5 Å². The summed E-state index contributed by atoms with van der Waals surface area (Å²) < 4.78 is 40.2. The highest BCUT2D eigenvalue weighted by atomic mass is 19.4. The summed E-state index contributed by atoms with van der Waals surface area (Å²) >= 11 is 0. The third-order valence-electron chi connectivity index (χ3n) is 2.54. The van der Waals surface area contributed by atoms with E-state index in [0.29, 0.717) is 11.3 Å². The highest BCUT2D eigenvalue weighted by Gasteiger charge is 2.27. The molecule has 122 valence electrons. The van der Waals surface area contributed by atoms with Gasteiger partial charge in [-0.2, -0.15) is 13.2 Å². The van der Waals surface area contributed by atoms with Gasteiger partial charge >= 0.3 is 12.2 Å². The molecule has 0 aliphatic heterocycles. The second-order valence-corrected chi connectivity index (χ2v) is 4.77. The summed E-state index contributed by atoms with van der Waals surface area (Å²) in [6, 6.07) is 5.13. The third-order valence-corrected chi connectivity index (χ3v) is 2.54. The first-order valence-electron chi connectivity index (χ1n) is 6.50. The largest absolute Gasteiger partial charge is 0.411 e. The van der Waals surface area contributed by atoms with Gasteiger partial charge in [0.05, 0.1) is 12.6 Å². The molecule has 0 fully saturated rings. The molecule has 0 saturated carbocycles. The van der Waals surface area contributed by atoms with Crippen LogP contribution in [0.2, 0.25) is 0 Å². The molecule has 0 unspecified atom stereocenters. The van der Waals surface area contributed by atoms with Gasteiger partial charge in [-0.25, -0.2) is 4.79 Å². The number of ether oxygens (including phenoxy) is 1. The van der Waals surface area contributed by atoms with Gasteiger partial charge < -0.3 is 15.4 Å². The predicted octanol–water partition coefficient (Wildman–Crippen LogP) is 2.98. The van der Waals surface area contributed by atoms with Gasteiger partial charge in [-0.1, -0.05) is 12.1 Å². The Balaban J connectivity index is 2.42. The molecule has 1 aromatic rings. The lowest BCUT2D eigenvalue weighted by molar-refractivity contribution is -0.174. The van der Waals surface area contributed by atoms with Gasteiger partial charge in [0.2, 0.25) is 0 Å². The smallest absolute Gasteiger partial charge is 0.370 e. The Morgan fingerprint density at radius 3 is 2.59 bits per heavy atom. The van der Waals surface area contributed by atoms with Gasteiger partial charge in [0.25, 0.3) is 0 Å².